The number of aromatic nitrogens is 3. The third-order valence-corrected chi connectivity index (χ3v) is 6.17. The maximum Gasteiger partial charge on any atom is 0.249 e. The highest BCUT2D eigenvalue weighted by atomic mass is 16.2. The molecule has 6 heteroatoms. The van der Waals surface area contributed by atoms with E-state index in [1.165, 1.54) is 0 Å². The van der Waals surface area contributed by atoms with E-state index in [9.17, 15) is 9.59 Å². The number of fused-ring (bicyclic) bond motifs is 1. The maximum absolute atomic E-state index is 12.1. The summed E-state index contributed by atoms with van der Waals surface area (Å²) in [5, 5.41) is 0. The summed E-state index contributed by atoms with van der Waals surface area (Å²) in [6.07, 6.45) is 0.823. The van der Waals surface area contributed by atoms with Crippen LogP contribution in [0.5, 0.6) is 0 Å². The molecule has 0 aliphatic rings. The zero-order valence-corrected chi connectivity index (χ0v) is 18.8. The smallest absolute Gasteiger partial charge is 0.249 e. The van der Waals surface area contributed by atoms with Gasteiger partial charge in [0.25, 0.3) is 0 Å². The van der Waals surface area contributed by atoms with E-state index < -0.39 is 10.9 Å². The molecule has 0 saturated carbocycles. The third-order valence-electron chi connectivity index (χ3n) is 6.17. The fourth-order valence-electron chi connectivity index (χ4n) is 4.49. The van der Waals surface area contributed by atoms with E-state index in [1.807, 2.05) is 43.3 Å². The number of imidazole rings is 1. The molecule has 0 unspecified atom stereocenters. The van der Waals surface area contributed by atoms with Gasteiger partial charge in [0.2, 0.25) is 10.9 Å². The summed E-state index contributed by atoms with van der Waals surface area (Å²) < 4.78 is 2.18. The monoisotopic (exact) mass is 436 g/mol. The lowest BCUT2D eigenvalue weighted by molar-refractivity contribution is 0.745. The molecule has 0 radical (unpaired) electrons. The molecule has 2 aromatic heterocycles. The zero-order chi connectivity index (χ0) is 23.3. The fraction of sp³-hybridized carbons (Fsp3) is 0.185. The van der Waals surface area contributed by atoms with Crippen LogP contribution in [0.3, 0.4) is 0 Å². The van der Waals surface area contributed by atoms with E-state index >= 15 is 0 Å². The SMILES string of the molecule is CCc1nc2c(C)cc(C)nc2n1Cc1ccc(-c2ccccc2-c2c(N)c(=O)c2=O)cc1. The summed E-state index contributed by atoms with van der Waals surface area (Å²) in [6.45, 7) is 6.85. The van der Waals surface area contributed by atoms with Crippen LogP contribution in [0.1, 0.15) is 29.6 Å². The van der Waals surface area contributed by atoms with Gasteiger partial charge in [0.1, 0.15) is 11.3 Å². The van der Waals surface area contributed by atoms with Gasteiger partial charge in [-0.3, -0.25) is 9.59 Å². The normalized spacial score (nSPS) is 11.5. The van der Waals surface area contributed by atoms with E-state index in [-0.39, 0.29) is 5.69 Å². The van der Waals surface area contributed by atoms with Crippen LogP contribution < -0.4 is 16.6 Å². The Hall–Kier alpha value is -4.06. The average molecular weight is 437 g/mol. The first-order chi connectivity index (χ1) is 15.9. The fourth-order valence-corrected chi connectivity index (χ4v) is 4.49. The van der Waals surface area contributed by atoms with Gasteiger partial charge < -0.3 is 10.3 Å². The quantitative estimate of drug-likeness (QED) is 0.418. The Morgan fingerprint density at radius 3 is 2.27 bits per heavy atom. The Labute approximate surface area is 191 Å². The van der Waals surface area contributed by atoms with Crippen LogP contribution in [0.4, 0.5) is 5.69 Å². The molecule has 33 heavy (non-hydrogen) atoms. The number of pyridine rings is 1. The highest BCUT2D eigenvalue weighted by Gasteiger charge is 2.22. The molecule has 3 aromatic carbocycles. The molecule has 164 valence electrons. The second-order valence-corrected chi connectivity index (χ2v) is 8.41. The number of nitrogens with zero attached hydrogens (tertiary/aromatic N) is 3. The summed E-state index contributed by atoms with van der Waals surface area (Å²) in [5.41, 5.74) is 12.7. The summed E-state index contributed by atoms with van der Waals surface area (Å²) in [7, 11) is 0. The van der Waals surface area contributed by atoms with Crippen molar-refractivity contribution >= 4 is 16.9 Å². The van der Waals surface area contributed by atoms with Crippen molar-refractivity contribution in [3.63, 3.8) is 0 Å². The molecule has 0 fully saturated rings. The van der Waals surface area contributed by atoms with Crippen molar-refractivity contribution in [2.24, 2.45) is 0 Å². The van der Waals surface area contributed by atoms with Gasteiger partial charge in [-0.2, -0.15) is 0 Å². The van der Waals surface area contributed by atoms with E-state index in [1.54, 1.807) is 0 Å². The second-order valence-electron chi connectivity index (χ2n) is 8.41. The first-order valence-electron chi connectivity index (χ1n) is 11.0. The molecule has 2 N–H and O–H groups in total. The van der Waals surface area contributed by atoms with E-state index in [0.717, 1.165) is 51.4 Å². The van der Waals surface area contributed by atoms with Crippen molar-refractivity contribution in [1.82, 2.24) is 14.5 Å². The Morgan fingerprint density at radius 2 is 1.61 bits per heavy atom. The zero-order valence-electron chi connectivity index (χ0n) is 18.8. The van der Waals surface area contributed by atoms with Gasteiger partial charge in [0.05, 0.1) is 17.8 Å². The molecule has 0 aliphatic carbocycles. The number of hydrogen-bond donors (Lipinski definition) is 1. The van der Waals surface area contributed by atoms with Crippen molar-refractivity contribution in [1.29, 1.82) is 0 Å². The molecule has 2 heterocycles. The van der Waals surface area contributed by atoms with Gasteiger partial charge in [-0.25, -0.2) is 9.97 Å². The summed E-state index contributed by atoms with van der Waals surface area (Å²) in [6, 6.07) is 17.8. The maximum atomic E-state index is 12.1. The average Bonchev–Trinajstić information content (AvgIpc) is 3.17. The lowest BCUT2D eigenvalue weighted by atomic mass is 9.91. The molecule has 0 saturated heterocycles. The van der Waals surface area contributed by atoms with Crippen molar-refractivity contribution in [3.8, 4) is 22.3 Å². The predicted molar refractivity (Wildman–Crippen MR) is 132 cm³/mol. The van der Waals surface area contributed by atoms with E-state index in [4.69, 9.17) is 15.7 Å². The lowest BCUT2D eigenvalue weighted by Gasteiger charge is -2.13. The lowest BCUT2D eigenvalue weighted by Crippen LogP contribution is -2.35. The highest BCUT2D eigenvalue weighted by molar-refractivity contribution is 5.90. The second kappa shape index (κ2) is 7.81. The minimum Gasteiger partial charge on any atom is -0.395 e. The summed E-state index contributed by atoms with van der Waals surface area (Å²) >= 11 is 0. The molecule has 0 atom stereocenters. The molecule has 0 spiro atoms. The molecule has 0 aliphatic heterocycles. The number of benzene rings is 2. The molecular weight excluding hydrogens is 412 g/mol. The van der Waals surface area contributed by atoms with Crippen molar-refractivity contribution in [2.45, 2.75) is 33.7 Å². The van der Waals surface area contributed by atoms with Gasteiger partial charge >= 0.3 is 0 Å². The van der Waals surface area contributed by atoms with Gasteiger partial charge in [0.15, 0.2) is 5.65 Å². The predicted octanol–water partition coefficient (Wildman–Crippen LogP) is 4.17. The number of nitrogens with two attached hydrogens (primary N) is 1. The van der Waals surface area contributed by atoms with Crippen LogP contribution in [-0.2, 0) is 13.0 Å². The highest BCUT2D eigenvalue weighted by Crippen LogP contribution is 2.33. The van der Waals surface area contributed by atoms with Crippen LogP contribution in [0, 0.1) is 13.8 Å². The summed E-state index contributed by atoms with van der Waals surface area (Å²) in [4.78, 5) is 33.3. The summed E-state index contributed by atoms with van der Waals surface area (Å²) in [5.74, 6) is 1.01. The Kier molecular flexibility index (Phi) is 4.93. The number of hydrogen-bond acceptors (Lipinski definition) is 5. The number of aryl methyl sites for hydroxylation is 3. The van der Waals surface area contributed by atoms with Crippen molar-refractivity contribution < 1.29 is 0 Å². The van der Waals surface area contributed by atoms with Crippen molar-refractivity contribution in [2.75, 3.05) is 5.73 Å². The topological polar surface area (TPSA) is 90.9 Å². The number of nitrogen functional groups attached to an aromatic ring is 1. The minimum atomic E-state index is -0.603. The largest absolute Gasteiger partial charge is 0.395 e. The van der Waals surface area contributed by atoms with Crippen LogP contribution >= 0.6 is 0 Å². The third kappa shape index (κ3) is 3.35. The van der Waals surface area contributed by atoms with Gasteiger partial charge in [-0.05, 0) is 47.7 Å². The van der Waals surface area contributed by atoms with Gasteiger partial charge in [-0.15, -0.1) is 0 Å². The Balaban J connectivity index is 1.52. The molecule has 5 rings (SSSR count). The van der Waals surface area contributed by atoms with Gasteiger partial charge in [-0.1, -0.05) is 55.5 Å². The van der Waals surface area contributed by atoms with Crippen LogP contribution in [-0.4, -0.2) is 14.5 Å². The van der Waals surface area contributed by atoms with E-state index in [0.29, 0.717) is 17.7 Å². The first kappa shape index (κ1) is 20.8. The standard InChI is InChI=1S/C27H24N4O2/c1-4-21-30-24-15(2)13-16(3)29-27(24)31(21)14-17-9-11-18(12-10-17)19-7-5-6-8-20(19)22-23(28)26(33)25(22)32/h5-13H,4,14,28H2,1-3H3. The number of anilines is 1. The van der Waals surface area contributed by atoms with Crippen LogP contribution in [0.25, 0.3) is 33.4 Å². The van der Waals surface area contributed by atoms with Crippen LogP contribution in [0.15, 0.2) is 64.2 Å². The Morgan fingerprint density at radius 1 is 0.909 bits per heavy atom. The van der Waals surface area contributed by atoms with Gasteiger partial charge in [0, 0.05) is 12.1 Å². The van der Waals surface area contributed by atoms with E-state index in [2.05, 4.69) is 36.6 Å². The molecule has 5 aromatic rings. The number of rotatable bonds is 5. The Bertz CT molecular complexity index is 1590. The molecule has 6 nitrogen and oxygen atoms in total. The van der Waals surface area contributed by atoms with Crippen LogP contribution in [0.2, 0.25) is 0 Å². The first-order valence-corrected chi connectivity index (χ1v) is 11.0. The molecule has 0 amide bonds. The molecular formula is C27H24N4O2. The minimum absolute atomic E-state index is 0.0428. The molecule has 0 bridgehead atoms. The van der Waals surface area contributed by atoms with Crippen molar-refractivity contribution in [3.05, 3.63) is 97.7 Å².